The Bertz CT molecular complexity index is 341. The molecule has 0 heterocycles. The van der Waals surface area contributed by atoms with Gasteiger partial charge in [0.2, 0.25) is 0 Å². The molecule has 0 aliphatic heterocycles. The normalized spacial score (nSPS) is 30.3. The Kier molecular flexibility index (Phi) is 3.34. The predicted octanol–water partition coefficient (Wildman–Crippen LogP) is 3.45. The minimum Gasteiger partial charge on any atom is -0.325 e. The van der Waals surface area contributed by atoms with Crippen LogP contribution >= 0.6 is 0 Å². The molecule has 16 heavy (non-hydrogen) atoms. The van der Waals surface area contributed by atoms with Crippen LogP contribution in [-0.2, 0) is 6.42 Å². The summed E-state index contributed by atoms with van der Waals surface area (Å²) in [6, 6.07) is 8.83. The maximum absolute atomic E-state index is 6.57. The second-order valence-corrected chi connectivity index (χ2v) is 5.54. The topological polar surface area (TPSA) is 26.0 Å². The minimum atomic E-state index is 0.0352. The molecule has 1 aromatic carbocycles. The molecule has 1 aliphatic rings. The lowest BCUT2D eigenvalue weighted by Crippen LogP contribution is -2.49. The van der Waals surface area contributed by atoms with Crippen molar-refractivity contribution in [1.82, 2.24) is 0 Å². The van der Waals surface area contributed by atoms with Gasteiger partial charge < -0.3 is 5.73 Å². The third-order valence-electron chi connectivity index (χ3n) is 4.16. The molecule has 1 saturated carbocycles. The van der Waals surface area contributed by atoms with Gasteiger partial charge in [-0.3, -0.25) is 0 Å². The van der Waals surface area contributed by atoms with E-state index in [0.29, 0.717) is 5.92 Å². The zero-order valence-electron chi connectivity index (χ0n) is 10.5. The highest BCUT2D eigenvalue weighted by Crippen LogP contribution is 2.34. The van der Waals surface area contributed by atoms with E-state index in [1.807, 2.05) is 0 Å². The fourth-order valence-corrected chi connectivity index (χ4v) is 2.79. The molecule has 0 spiro atoms. The van der Waals surface area contributed by atoms with E-state index >= 15 is 0 Å². The van der Waals surface area contributed by atoms with E-state index in [0.717, 1.165) is 6.42 Å². The van der Waals surface area contributed by atoms with Gasteiger partial charge in [-0.1, -0.05) is 49.6 Å². The molecule has 2 rings (SSSR count). The Morgan fingerprint density at radius 1 is 1.25 bits per heavy atom. The van der Waals surface area contributed by atoms with Crippen molar-refractivity contribution in [3.8, 4) is 0 Å². The molecular weight excluding hydrogens is 194 g/mol. The van der Waals surface area contributed by atoms with Gasteiger partial charge in [0.05, 0.1) is 0 Å². The first kappa shape index (κ1) is 11.7. The Balaban J connectivity index is 2.10. The molecule has 1 aliphatic carbocycles. The molecule has 1 heteroatoms. The molecule has 0 aromatic heterocycles. The van der Waals surface area contributed by atoms with E-state index in [2.05, 4.69) is 38.1 Å². The Labute approximate surface area is 99.0 Å². The highest BCUT2D eigenvalue weighted by atomic mass is 14.8. The van der Waals surface area contributed by atoms with Gasteiger partial charge in [0, 0.05) is 5.54 Å². The van der Waals surface area contributed by atoms with Crippen molar-refractivity contribution < 1.29 is 0 Å². The number of nitrogens with two attached hydrogens (primary N) is 1. The zero-order chi connectivity index (χ0) is 11.6. The smallest absolute Gasteiger partial charge is 0.0221 e. The summed E-state index contributed by atoms with van der Waals surface area (Å²) >= 11 is 0. The summed E-state index contributed by atoms with van der Waals surface area (Å²) < 4.78 is 0. The van der Waals surface area contributed by atoms with Crippen LogP contribution in [0, 0.1) is 12.8 Å². The van der Waals surface area contributed by atoms with Crippen LogP contribution in [-0.4, -0.2) is 5.54 Å². The van der Waals surface area contributed by atoms with Crippen molar-refractivity contribution >= 4 is 0 Å². The SMILES string of the molecule is Cc1ccc(CC2(N)CCCCC2C)cc1. The fraction of sp³-hybridized carbons (Fsp3) is 0.600. The second-order valence-electron chi connectivity index (χ2n) is 5.54. The van der Waals surface area contributed by atoms with Crippen LogP contribution in [0.3, 0.4) is 0 Å². The van der Waals surface area contributed by atoms with Gasteiger partial charge in [0.1, 0.15) is 0 Å². The maximum Gasteiger partial charge on any atom is 0.0221 e. The molecule has 2 unspecified atom stereocenters. The lowest BCUT2D eigenvalue weighted by Gasteiger charge is -2.39. The molecule has 2 atom stereocenters. The van der Waals surface area contributed by atoms with Crippen molar-refractivity contribution in [2.75, 3.05) is 0 Å². The van der Waals surface area contributed by atoms with Crippen molar-refractivity contribution in [3.05, 3.63) is 35.4 Å². The molecule has 0 saturated heterocycles. The average Bonchev–Trinajstić information content (AvgIpc) is 2.26. The highest BCUT2D eigenvalue weighted by molar-refractivity contribution is 5.23. The third kappa shape index (κ3) is 2.46. The quantitative estimate of drug-likeness (QED) is 0.806. The van der Waals surface area contributed by atoms with Gasteiger partial charge in [0.25, 0.3) is 0 Å². The van der Waals surface area contributed by atoms with Gasteiger partial charge in [-0.2, -0.15) is 0 Å². The standard InChI is InChI=1S/C15H23N/c1-12-6-8-14(9-7-12)11-15(16)10-4-3-5-13(15)2/h6-9,13H,3-5,10-11,16H2,1-2H3. The van der Waals surface area contributed by atoms with Gasteiger partial charge in [-0.05, 0) is 37.7 Å². The first-order valence-corrected chi connectivity index (χ1v) is 6.44. The first-order valence-electron chi connectivity index (χ1n) is 6.44. The van der Waals surface area contributed by atoms with Gasteiger partial charge in [-0.15, -0.1) is 0 Å². The first-order chi connectivity index (χ1) is 7.60. The molecule has 88 valence electrons. The average molecular weight is 217 g/mol. The maximum atomic E-state index is 6.57. The number of benzene rings is 1. The van der Waals surface area contributed by atoms with Crippen LogP contribution in [0.2, 0.25) is 0 Å². The summed E-state index contributed by atoms with van der Waals surface area (Å²) in [5.74, 6) is 0.655. The summed E-state index contributed by atoms with van der Waals surface area (Å²) in [6.45, 7) is 4.44. The Morgan fingerprint density at radius 3 is 2.56 bits per heavy atom. The zero-order valence-corrected chi connectivity index (χ0v) is 10.5. The van der Waals surface area contributed by atoms with Crippen LogP contribution in [0.5, 0.6) is 0 Å². The molecule has 1 fully saturated rings. The van der Waals surface area contributed by atoms with Crippen LogP contribution in [0.25, 0.3) is 0 Å². The summed E-state index contributed by atoms with van der Waals surface area (Å²) in [6.07, 6.45) is 6.17. The second kappa shape index (κ2) is 4.58. The molecule has 1 nitrogen and oxygen atoms in total. The number of hydrogen-bond donors (Lipinski definition) is 1. The number of hydrogen-bond acceptors (Lipinski definition) is 1. The van der Waals surface area contributed by atoms with Gasteiger partial charge in [0.15, 0.2) is 0 Å². The third-order valence-corrected chi connectivity index (χ3v) is 4.16. The predicted molar refractivity (Wildman–Crippen MR) is 69.4 cm³/mol. The summed E-state index contributed by atoms with van der Waals surface area (Å²) in [4.78, 5) is 0. The fourth-order valence-electron chi connectivity index (χ4n) is 2.79. The lowest BCUT2D eigenvalue weighted by molar-refractivity contribution is 0.204. The molecule has 0 radical (unpaired) electrons. The van der Waals surface area contributed by atoms with Crippen molar-refractivity contribution in [1.29, 1.82) is 0 Å². The van der Waals surface area contributed by atoms with E-state index in [4.69, 9.17) is 5.73 Å². The molecule has 0 amide bonds. The Morgan fingerprint density at radius 2 is 1.94 bits per heavy atom. The molecular formula is C15H23N. The van der Waals surface area contributed by atoms with Crippen molar-refractivity contribution in [2.24, 2.45) is 11.7 Å². The van der Waals surface area contributed by atoms with E-state index in [-0.39, 0.29) is 5.54 Å². The van der Waals surface area contributed by atoms with Crippen LogP contribution in [0.1, 0.15) is 43.7 Å². The minimum absolute atomic E-state index is 0.0352. The monoisotopic (exact) mass is 217 g/mol. The van der Waals surface area contributed by atoms with E-state index in [1.54, 1.807) is 0 Å². The number of aryl methyl sites for hydroxylation is 1. The molecule has 2 N–H and O–H groups in total. The van der Waals surface area contributed by atoms with Gasteiger partial charge >= 0.3 is 0 Å². The number of rotatable bonds is 2. The Hall–Kier alpha value is -0.820. The van der Waals surface area contributed by atoms with Crippen molar-refractivity contribution in [3.63, 3.8) is 0 Å². The van der Waals surface area contributed by atoms with Crippen LogP contribution in [0.15, 0.2) is 24.3 Å². The molecule has 1 aromatic rings. The summed E-state index contributed by atoms with van der Waals surface area (Å²) in [5.41, 5.74) is 9.32. The summed E-state index contributed by atoms with van der Waals surface area (Å²) in [5, 5.41) is 0. The van der Waals surface area contributed by atoms with Crippen LogP contribution < -0.4 is 5.73 Å². The highest BCUT2D eigenvalue weighted by Gasteiger charge is 2.34. The largest absolute Gasteiger partial charge is 0.325 e. The molecule has 0 bridgehead atoms. The van der Waals surface area contributed by atoms with Crippen LogP contribution in [0.4, 0.5) is 0 Å². The van der Waals surface area contributed by atoms with Crippen molar-refractivity contribution in [2.45, 2.75) is 51.5 Å². The summed E-state index contributed by atoms with van der Waals surface area (Å²) in [7, 11) is 0. The van der Waals surface area contributed by atoms with Gasteiger partial charge in [-0.25, -0.2) is 0 Å². The van der Waals surface area contributed by atoms with E-state index < -0.39 is 0 Å². The van der Waals surface area contributed by atoms with E-state index in [1.165, 1.54) is 36.8 Å². The van der Waals surface area contributed by atoms with E-state index in [9.17, 15) is 0 Å². The lowest BCUT2D eigenvalue weighted by atomic mass is 9.71.